The van der Waals surface area contributed by atoms with Crippen molar-refractivity contribution in [3.05, 3.63) is 0 Å². The second-order valence-corrected chi connectivity index (χ2v) is 7.10. The van der Waals surface area contributed by atoms with Gasteiger partial charge in [0.15, 0.2) is 0 Å². The highest BCUT2D eigenvalue weighted by Gasteiger charge is 2.27. The second-order valence-electron chi connectivity index (χ2n) is 6.06. The highest BCUT2D eigenvalue weighted by Crippen LogP contribution is 2.32. The molecular weight excluding hydrogens is 272 g/mol. The molecule has 1 heterocycles. The van der Waals surface area contributed by atoms with Gasteiger partial charge in [0, 0.05) is 17.7 Å². The van der Waals surface area contributed by atoms with Crippen LogP contribution in [-0.2, 0) is 9.47 Å². The van der Waals surface area contributed by atoms with Crippen molar-refractivity contribution in [3.8, 4) is 0 Å². The minimum Gasteiger partial charge on any atom is -0.353 e. The Balaban J connectivity index is 1.56. The zero-order valence-electron chi connectivity index (χ0n) is 12.9. The van der Waals surface area contributed by atoms with Gasteiger partial charge in [0.25, 0.3) is 0 Å². The van der Waals surface area contributed by atoms with Gasteiger partial charge in [0.2, 0.25) is 0 Å². The fourth-order valence-corrected chi connectivity index (χ4v) is 3.88. The molecule has 2 rings (SSSR count). The van der Waals surface area contributed by atoms with E-state index < -0.39 is 0 Å². The van der Waals surface area contributed by atoms with Gasteiger partial charge in [0.1, 0.15) is 6.79 Å². The monoisotopic (exact) mass is 300 g/mol. The van der Waals surface area contributed by atoms with E-state index in [-0.39, 0.29) is 6.10 Å². The van der Waals surface area contributed by atoms with E-state index in [9.17, 15) is 0 Å². The lowest BCUT2D eigenvalue weighted by Crippen LogP contribution is -2.36. The molecule has 0 aromatic rings. The Labute approximate surface area is 127 Å². The first-order valence-corrected chi connectivity index (χ1v) is 8.77. The summed E-state index contributed by atoms with van der Waals surface area (Å²) in [5, 5.41) is 4.88. The predicted octanol–water partition coefficient (Wildman–Crippen LogP) is 3.03. The molecule has 116 valence electrons. The lowest BCUT2D eigenvalue weighted by atomic mass is 9.86. The van der Waals surface area contributed by atoms with E-state index in [0.29, 0.717) is 31.5 Å². The molecule has 0 radical (unpaired) electrons. The van der Waals surface area contributed by atoms with Crippen LogP contribution in [0.25, 0.3) is 0 Å². The molecule has 0 spiro atoms. The van der Waals surface area contributed by atoms with Gasteiger partial charge in [-0.1, -0.05) is 0 Å². The van der Waals surface area contributed by atoms with Gasteiger partial charge in [-0.15, -0.1) is 11.8 Å². The van der Waals surface area contributed by atoms with Gasteiger partial charge in [-0.05, 0) is 46.5 Å². The molecule has 1 N–H and O–H groups in total. The molecule has 0 bridgehead atoms. The van der Waals surface area contributed by atoms with Crippen molar-refractivity contribution in [1.82, 2.24) is 5.32 Å². The number of rotatable bonds is 7. The fourth-order valence-electron chi connectivity index (χ4n) is 2.67. The minimum atomic E-state index is 0.234. The second kappa shape index (κ2) is 8.37. The van der Waals surface area contributed by atoms with Crippen molar-refractivity contribution in [2.24, 2.45) is 10.9 Å². The quantitative estimate of drug-likeness (QED) is 0.580. The van der Waals surface area contributed by atoms with E-state index in [1.165, 1.54) is 36.5 Å². The van der Waals surface area contributed by atoms with Crippen LogP contribution in [0.5, 0.6) is 0 Å². The Hall–Kier alpha value is -0.100. The molecular formula is C15H28N2O2S. The highest BCUT2D eigenvalue weighted by atomic mass is 32.2. The number of thioether (sulfide) groups is 1. The molecule has 1 saturated carbocycles. The van der Waals surface area contributed by atoms with Gasteiger partial charge < -0.3 is 9.47 Å². The summed E-state index contributed by atoms with van der Waals surface area (Å²) >= 11 is 1.97. The van der Waals surface area contributed by atoms with Gasteiger partial charge in [-0.2, -0.15) is 0 Å². The van der Waals surface area contributed by atoms with Crippen molar-refractivity contribution in [2.45, 2.75) is 64.6 Å². The maximum Gasteiger partial charge on any atom is 0.148 e. The summed E-state index contributed by atoms with van der Waals surface area (Å²) in [6.45, 7) is 7.22. The van der Waals surface area contributed by atoms with Crippen molar-refractivity contribution in [1.29, 1.82) is 0 Å². The zero-order chi connectivity index (χ0) is 14.4. The summed E-state index contributed by atoms with van der Waals surface area (Å²) in [5.74, 6) is 1.89. The molecule has 1 atom stereocenters. The first kappa shape index (κ1) is 16.3. The van der Waals surface area contributed by atoms with Crippen molar-refractivity contribution < 1.29 is 9.47 Å². The number of ether oxygens (including phenoxy) is 2. The Kier molecular flexibility index (Phi) is 6.81. The molecule has 0 amide bonds. The van der Waals surface area contributed by atoms with E-state index in [1.54, 1.807) is 0 Å². The fraction of sp³-hybridized carbons (Fsp3) is 0.933. The molecule has 1 fully saturated rings. The third-order valence-corrected chi connectivity index (χ3v) is 5.24. The Morgan fingerprint density at radius 2 is 2.05 bits per heavy atom. The van der Waals surface area contributed by atoms with Crippen LogP contribution in [-0.4, -0.2) is 42.5 Å². The van der Waals surface area contributed by atoms with Crippen LogP contribution in [0.4, 0.5) is 0 Å². The van der Waals surface area contributed by atoms with E-state index >= 15 is 0 Å². The lowest BCUT2D eigenvalue weighted by Gasteiger charge is -2.29. The summed E-state index contributed by atoms with van der Waals surface area (Å²) in [7, 11) is 0. The van der Waals surface area contributed by atoms with Gasteiger partial charge in [-0.3, -0.25) is 10.3 Å². The van der Waals surface area contributed by atoms with E-state index in [0.717, 1.165) is 0 Å². The normalized spacial score (nSPS) is 30.8. The zero-order valence-corrected chi connectivity index (χ0v) is 13.7. The van der Waals surface area contributed by atoms with Crippen LogP contribution in [0.2, 0.25) is 0 Å². The molecule has 20 heavy (non-hydrogen) atoms. The highest BCUT2D eigenvalue weighted by molar-refractivity contribution is 8.14. The Morgan fingerprint density at radius 3 is 2.65 bits per heavy atom. The van der Waals surface area contributed by atoms with Crippen molar-refractivity contribution in [2.75, 3.05) is 19.3 Å². The van der Waals surface area contributed by atoms with Crippen LogP contribution in [0.3, 0.4) is 0 Å². The van der Waals surface area contributed by atoms with Crippen LogP contribution >= 0.6 is 11.8 Å². The molecule has 4 nitrogen and oxygen atoms in total. The van der Waals surface area contributed by atoms with Gasteiger partial charge in [-0.25, -0.2) is 0 Å². The van der Waals surface area contributed by atoms with E-state index in [1.807, 2.05) is 25.6 Å². The molecule has 1 unspecified atom stereocenters. The standard InChI is InChI=1S/C15H28N2O2S/c1-11(2)19-10-18-9-16-14-6-4-13(5-7-14)15-17-12(3)8-20-15/h11-14,16H,4-10H2,1-3H3. The van der Waals surface area contributed by atoms with E-state index in [4.69, 9.17) is 14.5 Å². The Bertz CT molecular complexity index is 315. The molecule has 0 aromatic heterocycles. The largest absolute Gasteiger partial charge is 0.353 e. The average molecular weight is 300 g/mol. The minimum absolute atomic E-state index is 0.234. The van der Waals surface area contributed by atoms with Crippen LogP contribution in [0, 0.1) is 5.92 Å². The summed E-state index contributed by atoms with van der Waals surface area (Å²) < 4.78 is 10.8. The van der Waals surface area contributed by atoms with Gasteiger partial charge in [0.05, 0.1) is 23.9 Å². The maximum atomic E-state index is 5.43. The molecule has 5 heteroatoms. The smallest absolute Gasteiger partial charge is 0.148 e. The van der Waals surface area contributed by atoms with Crippen LogP contribution in [0.15, 0.2) is 4.99 Å². The lowest BCUT2D eigenvalue weighted by molar-refractivity contribution is -0.0853. The summed E-state index contributed by atoms with van der Waals surface area (Å²) in [4.78, 5) is 4.76. The summed E-state index contributed by atoms with van der Waals surface area (Å²) in [6.07, 6.45) is 5.22. The number of nitrogens with zero attached hydrogens (tertiary/aromatic N) is 1. The third kappa shape index (κ3) is 5.35. The van der Waals surface area contributed by atoms with Crippen LogP contribution in [0.1, 0.15) is 46.5 Å². The number of hydrogen-bond donors (Lipinski definition) is 1. The maximum absolute atomic E-state index is 5.43. The van der Waals surface area contributed by atoms with Crippen molar-refractivity contribution in [3.63, 3.8) is 0 Å². The summed E-state index contributed by atoms with van der Waals surface area (Å²) in [6, 6.07) is 1.12. The molecule has 1 aliphatic carbocycles. The molecule has 1 aliphatic heterocycles. The average Bonchev–Trinajstić information content (AvgIpc) is 2.85. The topological polar surface area (TPSA) is 42.8 Å². The third-order valence-electron chi connectivity index (χ3n) is 3.86. The molecule has 0 saturated heterocycles. The first-order chi connectivity index (χ1) is 9.65. The Morgan fingerprint density at radius 1 is 1.30 bits per heavy atom. The molecule has 0 aromatic carbocycles. The molecule has 2 aliphatic rings. The van der Waals surface area contributed by atoms with Gasteiger partial charge >= 0.3 is 0 Å². The van der Waals surface area contributed by atoms with E-state index in [2.05, 4.69) is 12.2 Å². The predicted molar refractivity (Wildman–Crippen MR) is 85.3 cm³/mol. The number of nitrogens with one attached hydrogen (secondary N) is 1. The number of aliphatic imine (C=N–C) groups is 1. The van der Waals surface area contributed by atoms with Crippen molar-refractivity contribution >= 4 is 16.8 Å². The summed E-state index contributed by atoms with van der Waals surface area (Å²) in [5.41, 5.74) is 0. The SMILES string of the molecule is CC1CSC(C2CCC(NCOCOC(C)C)CC2)=N1. The first-order valence-electron chi connectivity index (χ1n) is 7.78. The number of hydrogen-bond acceptors (Lipinski definition) is 5. The van der Waals surface area contributed by atoms with Crippen LogP contribution < -0.4 is 5.32 Å².